The van der Waals surface area contributed by atoms with Crippen LogP contribution in [-0.2, 0) is 10.0 Å². The summed E-state index contributed by atoms with van der Waals surface area (Å²) in [5, 5.41) is 9.43. The van der Waals surface area contributed by atoms with E-state index in [1.807, 2.05) is 6.92 Å². The Morgan fingerprint density at radius 3 is 2.86 bits per heavy atom. The van der Waals surface area contributed by atoms with Crippen molar-refractivity contribution in [2.45, 2.75) is 37.1 Å². The van der Waals surface area contributed by atoms with Gasteiger partial charge in [-0.3, -0.25) is 4.79 Å². The van der Waals surface area contributed by atoms with Gasteiger partial charge in [-0.2, -0.15) is 16.1 Å². The van der Waals surface area contributed by atoms with Crippen molar-refractivity contribution < 1.29 is 18.3 Å². The highest BCUT2D eigenvalue weighted by molar-refractivity contribution is 7.99. The fourth-order valence-corrected chi connectivity index (χ4v) is 7.02. The predicted molar refractivity (Wildman–Crippen MR) is 112 cm³/mol. The molecular formula is C19H27ClN2O4S2. The molecule has 1 amide bonds. The average molecular weight is 447 g/mol. The summed E-state index contributed by atoms with van der Waals surface area (Å²) < 4.78 is 27.8. The minimum Gasteiger partial charge on any atom is -0.396 e. The largest absolute Gasteiger partial charge is 0.396 e. The minimum absolute atomic E-state index is 0.000732. The lowest BCUT2D eigenvalue weighted by molar-refractivity contribution is 0.0678. The molecule has 6 nitrogen and oxygen atoms in total. The molecule has 28 heavy (non-hydrogen) atoms. The number of thioether (sulfide) groups is 1. The molecule has 2 heterocycles. The number of piperidine rings is 1. The summed E-state index contributed by atoms with van der Waals surface area (Å²) in [5.41, 5.74) is 0.322. The molecule has 0 aromatic heterocycles. The summed E-state index contributed by atoms with van der Waals surface area (Å²) in [4.78, 5) is 14.8. The molecule has 2 aliphatic rings. The molecule has 0 unspecified atom stereocenters. The minimum atomic E-state index is -3.75. The highest BCUT2D eigenvalue weighted by Gasteiger charge is 2.32. The SMILES string of the molecule is C[C@@H]1CCCN(S(=O)(=O)c2cc(C(=O)N3CCSC[C@H]3CCO)ccc2Cl)C1. The van der Waals surface area contributed by atoms with Crippen molar-refractivity contribution >= 4 is 39.3 Å². The van der Waals surface area contributed by atoms with Gasteiger partial charge in [0.2, 0.25) is 10.0 Å². The molecule has 156 valence electrons. The van der Waals surface area contributed by atoms with Crippen molar-refractivity contribution in [2.75, 3.05) is 37.7 Å². The lowest BCUT2D eigenvalue weighted by Crippen LogP contribution is -2.46. The molecule has 2 aliphatic heterocycles. The molecule has 2 fully saturated rings. The fraction of sp³-hybridized carbons (Fsp3) is 0.632. The third kappa shape index (κ3) is 4.67. The zero-order valence-corrected chi connectivity index (χ0v) is 18.4. The number of nitrogens with zero attached hydrogens (tertiary/aromatic N) is 2. The molecule has 0 saturated carbocycles. The van der Waals surface area contributed by atoms with E-state index in [2.05, 4.69) is 0 Å². The maximum absolute atomic E-state index is 13.2. The van der Waals surface area contributed by atoms with Gasteiger partial charge in [-0.1, -0.05) is 18.5 Å². The molecule has 0 bridgehead atoms. The van der Waals surface area contributed by atoms with Crippen molar-refractivity contribution in [3.63, 3.8) is 0 Å². The standard InChI is InChI=1S/C19H27ClN2O4S2/c1-14-3-2-7-21(12-14)28(25,26)18-11-15(4-5-17(18)20)19(24)22-8-10-27-13-16(22)6-9-23/h4-5,11,14,16,23H,2-3,6-10,12-13H2,1H3/t14-,16-/m1/s1. The first kappa shape index (κ1) is 21.9. The molecular weight excluding hydrogens is 420 g/mol. The molecule has 0 spiro atoms. The van der Waals surface area contributed by atoms with Crippen molar-refractivity contribution in [1.29, 1.82) is 0 Å². The van der Waals surface area contributed by atoms with Crippen LogP contribution in [-0.4, -0.2) is 72.4 Å². The summed E-state index contributed by atoms with van der Waals surface area (Å²) in [6.45, 7) is 3.59. The monoisotopic (exact) mass is 446 g/mol. The lowest BCUT2D eigenvalue weighted by atomic mass is 10.0. The smallest absolute Gasteiger partial charge is 0.254 e. The summed E-state index contributed by atoms with van der Waals surface area (Å²) in [7, 11) is -3.75. The molecule has 0 aliphatic carbocycles. The van der Waals surface area contributed by atoms with Crippen LogP contribution in [0.1, 0.15) is 36.5 Å². The van der Waals surface area contributed by atoms with Crippen LogP contribution in [0.15, 0.2) is 23.1 Å². The van der Waals surface area contributed by atoms with Gasteiger partial charge < -0.3 is 10.0 Å². The number of rotatable bonds is 5. The average Bonchev–Trinajstić information content (AvgIpc) is 2.68. The van der Waals surface area contributed by atoms with Crippen LogP contribution in [0.2, 0.25) is 5.02 Å². The first-order valence-corrected chi connectivity index (χ1v) is 12.6. The quantitative estimate of drug-likeness (QED) is 0.752. The van der Waals surface area contributed by atoms with Gasteiger partial charge in [0, 0.05) is 49.4 Å². The van der Waals surface area contributed by atoms with Crippen LogP contribution in [0.5, 0.6) is 0 Å². The van der Waals surface area contributed by atoms with E-state index in [0.29, 0.717) is 37.5 Å². The Hall–Kier alpha value is -0.800. The van der Waals surface area contributed by atoms with Crippen LogP contribution < -0.4 is 0 Å². The second-order valence-corrected chi connectivity index (χ2v) is 11.0. The maximum atomic E-state index is 13.2. The topological polar surface area (TPSA) is 77.9 Å². The number of aliphatic hydroxyl groups is 1. The first-order chi connectivity index (χ1) is 13.3. The van der Waals surface area contributed by atoms with E-state index in [1.165, 1.54) is 16.4 Å². The zero-order chi connectivity index (χ0) is 20.3. The van der Waals surface area contributed by atoms with Crippen molar-refractivity contribution in [3.05, 3.63) is 28.8 Å². The summed E-state index contributed by atoms with van der Waals surface area (Å²) in [6, 6.07) is 4.45. The van der Waals surface area contributed by atoms with Crippen LogP contribution in [0, 0.1) is 5.92 Å². The van der Waals surface area contributed by atoms with Crippen LogP contribution in [0.3, 0.4) is 0 Å². The zero-order valence-electron chi connectivity index (χ0n) is 16.0. The van der Waals surface area contributed by atoms with Crippen LogP contribution in [0.4, 0.5) is 0 Å². The number of carbonyl (C=O) groups is 1. The number of halogens is 1. The summed E-state index contributed by atoms with van der Waals surface area (Å²) in [5.74, 6) is 1.70. The van der Waals surface area contributed by atoms with E-state index in [0.717, 1.165) is 24.3 Å². The second-order valence-electron chi connectivity index (χ2n) is 7.50. The Labute approximate surface area is 176 Å². The second kappa shape index (κ2) is 9.34. The van der Waals surface area contributed by atoms with E-state index < -0.39 is 10.0 Å². The Kier molecular flexibility index (Phi) is 7.31. The van der Waals surface area contributed by atoms with E-state index >= 15 is 0 Å². The van der Waals surface area contributed by atoms with E-state index in [4.69, 9.17) is 11.6 Å². The molecule has 0 radical (unpaired) electrons. The number of aliphatic hydroxyl groups excluding tert-OH is 1. The number of carbonyl (C=O) groups excluding carboxylic acids is 1. The fourth-order valence-electron chi connectivity index (χ4n) is 3.81. The van der Waals surface area contributed by atoms with Gasteiger partial charge in [0.15, 0.2) is 0 Å². The third-order valence-corrected chi connectivity index (χ3v) is 8.80. The van der Waals surface area contributed by atoms with Crippen molar-refractivity contribution in [3.8, 4) is 0 Å². The Morgan fingerprint density at radius 2 is 2.14 bits per heavy atom. The van der Waals surface area contributed by atoms with E-state index in [1.54, 1.807) is 22.7 Å². The molecule has 1 N–H and O–H groups in total. The van der Waals surface area contributed by atoms with Gasteiger partial charge in [0.1, 0.15) is 4.90 Å². The highest BCUT2D eigenvalue weighted by atomic mass is 35.5. The normalized spacial score (nSPS) is 24.3. The van der Waals surface area contributed by atoms with Gasteiger partial charge >= 0.3 is 0 Å². The molecule has 2 saturated heterocycles. The number of hydrogen-bond donors (Lipinski definition) is 1. The van der Waals surface area contributed by atoms with Gasteiger partial charge in [-0.25, -0.2) is 8.42 Å². The van der Waals surface area contributed by atoms with Gasteiger partial charge in [-0.05, 0) is 43.4 Å². The van der Waals surface area contributed by atoms with Crippen molar-refractivity contribution in [2.24, 2.45) is 5.92 Å². The molecule has 1 aromatic rings. The molecule has 9 heteroatoms. The molecule has 2 atom stereocenters. The van der Waals surface area contributed by atoms with E-state index in [9.17, 15) is 18.3 Å². The van der Waals surface area contributed by atoms with Gasteiger partial charge in [-0.15, -0.1) is 0 Å². The Balaban J connectivity index is 1.89. The Morgan fingerprint density at radius 1 is 1.36 bits per heavy atom. The Bertz CT molecular complexity index is 816. The molecule has 1 aromatic carbocycles. The number of benzene rings is 1. The van der Waals surface area contributed by atoms with Crippen LogP contribution in [0.25, 0.3) is 0 Å². The number of sulfonamides is 1. The third-order valence-electron chi connectivity index (χ3n) is 5.37. The van der Waals surface area contributed by atoms with Gasteiger partial charge in [0.05, 0.1) is 5.02 Å². The number of amides is 1. The number of hydrogen-bond acceptors (Lipinski definition) is 5. The molecule has 3 rings (SSSR count). The maximum Gasteiger partial charge on any atom is 0.254 e. The van der Waals surface area contributed by atoms with Gasteiger partial charge in [0.25, 0.3) is 5.91 Å². The van der Waals surface area contributed by atoms with Crippen LogP contribution >= 0.6 is 23.4 Å². The summed E-state index contributed by atoms with van der Waals surface area (Å²) in [6.07, 6.45) is 2.35. The summed E-state index contributed by atoms with van der Waals surface area (Å²) >= 11 is 8.00. The van der Waals surface area contributed by atoms with Crippen molar-refractivity contribution in [1.82, 2.24) is 9.21 Å². The lowest BCUT2D eigenvalue weighted by Gasteiger charge is -2.35. The first-order valence-electron chi connectivity index (χ1n) is 9.64. The van der Waals surface area contributed by atoms with E-state index in [-0.39, 0.29) is 28.5 Å². The predicted octanol–water partition coefficient (Wildman–Crippen LogP) is 2.70. The highest BCUT2D eigenvalue weighted by Crippen LogP contribution is 2.30.